The van der Waals surface area contributed by atoms with Crippen molar-refractivity contribution in [1.82, 2.24) is 10.2 Å². The summed E-state index contributed by atoms with van der Waals surface area (Å²) in [5.74, 6) is 1.38. The van der Waals surface area contributed by atoms with Crippen LogP contribution in [0.2, 0.25) is 5.02 Å². The molecule has 31 heavy (non-hydrogen) atoms. The minimum Gasteiger partial charge on any atom is -0.493 e. The Morgan fingerprint density at radius 3 is 2.29 bits per heavy atom. The summed E-state index contributed by atoms with van der Waals surface area (Å²) in [6.07, 6.45) is 3.01. The Hall–Kier alpha value is -2.73. The highest BCUT2D eigenvalue weighted by Gasteiger charge is 2.23. The number of nitrogens with zero attached hydrogens (tertiary/aromatic N) is 1. The second-order valence-electron chi connectivity index (χ2n) is 7.72. The number of methoxy groups -OCH3 is 2. The number of hydrogen-bond acceptors (Lipinski definition) is 4. The van der Waals surface area contributed by atoms with Crippen LogP contribution >= 0.6 is 11.6 Å². The van der Waals surface area contributed by atoms with Gasteiger partial charge < -0.3 is 19.7 Å². The minimum absolute atomic E-state index is 0.0280. The molecule has 2 amide bonds. The lowest BCUT2D eigenvalue weighted by molar-refractivity contribution is -0.132. The van der Waals surface area contributed by atoms with Crippen molar-refractivity contribution >= 4 is 23.4 Å². The van der Waals surface area contributed by atoms with E-state index in [1.807, 2.05) is 41.3 Å². The number of carbonyl (C=O) groups excluding carboxylic acids is 2. The standard InChI is InChI=1S/C24H29ClN2O4/c1-30-21-9-5-18(15-22(21)31-2)16-23(28)26-20-11-13-27(14-12-20)24(29)10-6-17-3-7-19(25)8-4-17/h3-5,7-9,15,20H,6,10-14,16H2,1-2H3,(H,26,28). The molecule has 7 heteroatoms. The van der Waals surface area contributed by atoms with Gasteiger partial charge in [-0.1, -0.05) is 29.8 Å². The van der Waals surface area contributed by atoms with E-state index in [0.29, 0.717) is 42.5 Å². The highest BCUT2D eigenvalue weighted by molar-refractivity contribution is 6.30. The lowest BCUT2D eigenvalue weighted by atomic mass is 10.0. The van der Waals surface area contributed by atoms with Crippen LogP contribution < -0.4 is 14.8 Å². The molecule has 0 unspecified atom stereocenters. The molecule has 1 N–H and O–H groups in total. The van der Waals surface area contributed by atoms with Gasteiger partial charge in [0.2, 0.25) is 11.8 Å². The smallest absolute Gasteiger partial charge is 0.224 e. The molecule has 1 aliphatic rings. The van der Waals surface area contributed by atoms with E-state index in [-0.39, 0.29) is 24.3 Å². The van der Waals surface area contributed by atoms with Gasteiger partial charge in [-0.2, -0.15) is 0 Å². The number of halogens is 1. The van der Waals surface area contributed by atoms with Crippen LogP contribution in [0.5, 0.6) is 11.5 Å². The summed E-state index contributed by atoms with van der Waals surface area (Å²) in [4.78, 5) is 26.9. The second kappa shape index (κ2) is 11.0. The van der Waals surface area contributed by atoms with E-state index in [9.17, 15) is 9.59 Å². The van der Waals surface area contributed by atoms with Crippen molar-refractivity contribution < 1.29 is 19.1 Å². The topological polar surface area (TPSA) is 67.9 Å². The van der Waals surface area contributed by atoms with Crippen molar-refractivity contribution in [3.05, 3.63) is 58.6 Å². The molecule has 0 saturated carbocycles. The fourth-order valence-electron chi connectivity index (χ4n) is 3.79. The van der Waals surface area contributed by atoms with E-state index >= 15 is 0 Å². The number of piperidine rings is 1. The van der Waals surface area contributed by atoms with Crippen LogP contribution in [-0.4, -0.2) is 50.1 Å². The first-order chi connectivity index (χ1) is 15.0. The van der Waals surface area contributed by atoms with Gasteiger partial charge in [0.15, 0.2) is 11.5 Å². The summed E-state index contributed by atoms with van der Waals surface area (Å²) in [5.41, 5.74) is 1.97. The summed E-state index contributed by atoms with van der Waals surface area (Å²) >= 11 is 5.90. The maximum Gasteiger partial charge on any atom is 0.224 e. The number of hydrogen-bond donors (Lipinski definition) is 1. The lowest BCUT2D eigenvalue weighted by Crippen LogP contribution is -2.46. The predicted molar refractivity (Wildman–Crippen MR) is 121 cm³/mol. The van der Waals surface area contributed by atoms with E-state index < -0.39 is 0 Å². The molecular weight excluding hydrogens is 416 g/mol. The fourth-order valence-corrected chi connectivity index (χ4v) is 3.91. The Morgan fingerprint density at radius 2 is 1.65 bits per heavy atom. The van der Waals surface area contributed by atoms with Crippen LogP contribution in [0.4, 0.5) is 0 Å². The van der Waals surface area contributed by atoms with Crippen LogP contribution in [0.25, 0.3) is 0 Å². The average molecular weight is 445 g/mol. The number of amides is 2. The number of nitrogens with one attached hydrogen (secondary N) is 1. The van der Waals surface area contributed by atoms with Gasteiger partial charge in [0.05, 0.1) is 20.6 Å². The zero-order chi connectivity index (χ0) is 22.2. The molecule has 2 aromatic rings. The van der Waals surface area contributed by atoms with Gasteiger partial charge in [-0.15, -0.1) is 0 Å². The zero-order valence-corrected chi connectivity index (χ0v) is 18.8. The lowest BCUT2D eigenvalue weighted by Gasteiger charge is -2.32. The molecule has 166 valence electrons. The zero-order valence-electron chi connectivity index (χ0n) is 18.0. The van der Waals surface area contributed by atoms with E-state index in [1.165, 1.54) is 0 Å². The molecule has 0 aromatic heterocycles. The number of likely N-dealkylation sites (tertiary alicyclic amines) is 1. The number of benzene rings is 2. The van der Waals surface area contributed by atoms with Crippen molar-refractivity contribution in [2.75, 3.05) is 27.3 Å². The summed E-state index contributed by atoms with van der Waals surface area (Å²) in [7, 11) is 3.16. The monoisotopic (exact) mass is 444 g/mol. The number of carbonyl (C=O) groups is 2. The normalized spacial score (nSPS) is 14.2. The molecule has 2 aromatic carbocycles. The van der Waals surface area contributed by atoms with Crippen LogP contribution in [-0.2, 0) is 22.4 Å². The number of rotatable bonds is 8. The van der Waals surface area contributed by atoms with E-state index in [0.717, 1.165) is 24.0 Å². The fraction of sp³-hybridized carbons (Fsp3) is 0.417. The third kappa shape index (κ3) is 6.62. The first-order valence-electron chi connectivity index (χ1n) is 10.5. The summed E-state index contributed by atoms with van der Waals surface area (Å²) < 4.78 is 10.5. The molecule has 6 nitrogen and oxygen atoms in total. The molecule has 0 radical (unpaired) electrons. The van der Waals surface area contributed by atoms with Crippen molar-refractivity contribution in [3.8, 4) is 11.5 Å². The molecule has 1 fully saturated rings. The molecule has 1 aliphatic heterocycles. The van der Waals surface area contributed by atoms with E-state index in [1.54, 1.807) is 20.3 Å². The third-order valence-electron chi connectivity index (χ3n) is 5.57. The van der Waals surface area contributed by atoms with Crippen LogP contribution in [0.1, 0.15) is 30.4 Å². The van der Waals surface area contributed by atoms with E-state index in [2.05, 4.69) is 5.32 Å². The quantitative estimate of drug-likeness (QED) is 0.675. The van der Waals surface area contributed by atoms with Crippen LogP contribution in [0.15, 0.2) is 42.5 Å². The molecule has 0 spiro atoms. The van der Waals surface area contributed by atoms with E-state index in [4.69, 9.17) is 21.1 Å². The van der Waals surface area contributed by atoms with Gasteiger partial charge in [0, 0.05) is 30.6 Å². The highest BCUT2D eigenvalue weighted by atomic mass is 35.5. The van der Waals surface area contributed by atoms with Crippen molar-refractivity contribution in [1.29, 1.82) is 0 Å². The largest absolute Gasteiger partial charge is 0.493 e. The molecule has 0 atom stereocenters. The Kier molecular flexibility index (Phi) is 8.18. The van der Waals surface area contributed by atoms with Gasteiger partial charge in [0.25, 0.3) is 0 Å². The Bertz CT molecular complexity index is 893. The maximum atomic E-state index is 12.5. The predicted octanol–water partition coefficient (Wildman–Crippen LogP) is 3.64. The van der Waals surface area contributed by atoms with Gasteiger partial charge in [-0.3, -0.25) is 9.59 Å². The Labute approximate surface area is 188 Å². The number of aryl methyl sites for hydroxylation is 1. The Morgan fingerprint density at radius 1 is 1.00 bits per heavy atom. The highest BCUT2D eigenvalue weighted by Crippen LogP contribution is 2.27. The summed E-state index contributed by atoms with van der Waals surface area (Å²) in [5, 5.41) is 3.79. The molecule has 1 heterocycles. The summed E-state index contributed by atoms with van der Waals surface area (Å²) in [6.45, 7) is 1.33. The molecule has 1 saturated heterocycles. The SMILES string of the molecule is COc1ccc(CC(=O)NC2CCN(C(=O)CCc3ccc(Cl)cc3)CC2)cc1OC. The first kappa shape index (κ1) is 22.9. The molecule has 0 aliphatic carbocycles. The maximum absolute atomic E-state index is 12.5. The number of ether oxygens (including phenoxy) is 2. The van der Waals surface area contributed by atoms with Crippen molar-refractivity contribution in [3.63, 3.8) is 0 Å². The molecule has 3 rings (SSSR count). The van der Waals surface area contributed by atoms with Gasteiger partial charge in [0.1, 0.15) is 0 Å². The molecule has 0 bridgehead atoms. The van der Waals surface area contributed by atoms with Gasteiger partial charge in [-0.05, 0) is 54.7 Å². The Balaban J connectivity index is 1.41. The average Bonchev–Trinajstić information content (AvgIpc) is 2.78. The third-order valence-corrected chi connectivity index (χ3v) is 5.82. The molecular formula is C24H29ClN2O4. The first-order valence-corrected chi connectivity index (χ1v) is 10.9. The van der Waals surface area contributed by atoms with Crippen molar-refractivity contribution in [2.24, 2.45) is 0 Å². The van der Waals surface area contributed by atoms with Gasteiger partial charge in [-0.25, -0.2) is 0 Å². The van der Waals surface area contributed by atoms with Gasteiger partial charge >= 0.3 is 0 Å². The second-order valence-corrected chi connectivity index (χ2v) is 8.15. The summed E-state index contributed by atoms with van der Waals surface area (Å²) in [6, 6.07) is 13.2. The minimum atomic E-state index is -0.0280. The van der Waals surface area contributed by atoms with Crippen LogP contribution in [0.3, 0.4) is 0 Å². The van der Waals surface area contributed by atoms with Crippen molar-refractivity contribution in [2.45, 2.75) is 38.1 Å². The van der Waals surface area contributed by atoms with Crippen LogP contribution in [0, 0.1) is 0 Å².